The molecule has 7 heteroatoms. The van der Waals surface area contributed by atoms with E-state index in [-0.39, 0.29) is 29.8 Å². The van der Waals surface area contributed by atoms with Gasteiger partial charge in [0.15, 0.2) is 9.84 Å². The second-order valence-corrected chi connectivity index (χ2v) is 10.1. The summed E-state index contributed by atoms with van der Waals surface area (Å²) in [7, 11) is -3.15. The standard InChI is InChI=1S/C22H26FNO4S/c1-16(2)14-28-21-9-5-18(6-10-21)22(25)24(20-11-12-29(26,27)15-20)13-17-3-7-19(23)8-4-17/h3-10,16,20H,11-15H2,1-2H3. The summed E-state index contributed by atoms with van der Waals surface area (Å²) in [6.07, 6.45) is 0.408. The molecule has 5 nitrogen and oxygen atoms in total. The Morgan fingerprint density at radius 2 is 1.79 bits per heavy atom. The van der Waals surface area contributed by atoms with Crippen LogP contribution in [0.4, 0.5) is 4.39 Å². The first-order valence-electron chi connectivity index (χ1n) is 9.72. The van der Waals surface area contributed by atoms with E-state index in [9.17, 15) is 17.6 Å². The first-order chi connectivity index (χ1) is 13.7. The van der Waals surface area contributed by atoms with E-state index in [0.717, 1.165) is 5.56 Å². The molecule has 1 unspecified atom stereocenters. The lowest BCUT2D eigenvalue weighted by molar-refractivity contribution is 0.0681. The van der Waals surface area contributed by atoms with Crippen LogP contribution in [0.25, 0.3) is 0 Å². The van der Waals surface area contributed by atoms with Crippen molar-refractivity contribution in [2.75, 3.05) is 18.1 Å². The molecule has 1 atom stereocenters. The lowest BCUT2D eigenvalue weighted by atomic mass is 10.1. The van der Waals surface area contributed by atoms with Gasteiger partial charge in [0.2, 0.25) is 0 Å². The Morgan fingerprint density at radius 1 is 1.14 bits per heavy atom. The molecular weight excluding hydrogens is 393 g/mol. The molecule has 0 bridgehead atoms. The van der Waals surface area contributed by atoms with Gasteiger partial charge in [-0.1, -0.05) is 26.0 Å². The average molecular weight is 420 g/mol. The first-order valence-corrected chi connectivity index (χ1v) is 11.5. The zero-order valence-electron chi connectivity index (χ0n) is 16.7. The van der Waals surface area contributed by atoms with Crippen LogP contribution in [0.2, 0.25) is 0 Å². The predicted octanol–water partition coefficient (Wildman–Crippen LogP) is 3.69. The molecule has 3 rings (SSSR count). The third-order valence-electron chi connectivity index (χ3n) is 4.86. The quantitative estimate of drug-likeness (QED) is 0.687. The van der Waals surface area contributed by atoms with Gasteiger partial charge >= 0.3 is 0 Å². The largest absolute Gasteiger partial charge is 0.493 e. The summed E-state index contributed by atoms with van der Waals surface area (Å²) in [4.78, 5) is 14.8. The van der Waals surface area contributed by atoms with Crippen LogP contribution in [0.1, 0.15) is 36.2 Å². The lowest BCUT2D eigenvalue weighted by Crippen LogP contribution is -2.40. The maximum Gasteiger partial charge on any atom is 0.254 e. The molecule has 1 aliphatic heterocycles. The van der Waals surface area contributed by atoms with E-state index in [1.54, 1.807) is 41.3 Å². The average Bonchev–Trinajstić information content (AvgIpc) is 3.05. The number of nitrogens with zero attached hydrogens (tertiary/aromatic N) is 1. The smallest absolute Gasteiger partial charge is 0.254 e. The number of halogens is 1. The minimum absolute atomic E-state index is 0.0461. The van der Waals surface area contributed by atoms with E-state index in [1.165, 1.54) is 12.1 Å². The maximum atomic E-state index is 13.2. The zero-order chi connectivity index (χ0) is 21.0. The van der Waals surface area contributed by atoms with E-state index in [4.69, 9.17) is 4.74 Å². The molecule has 29 heavy (non-hydrogen) atoms. The fourth-order valence-corrected chi connectivity index (χ4v) is 5.03. The van der Waals surface area contributed by atoms with Crippen molar-refractivity contribution in [2.24, 2.45) is 5.92 Å². The molecule has 0 aliphatic carbocycles. The van der Waals surface area contributed by atoms with Gasteiger partial charge in [0.05, 0.1) is 18.1 Å². The summed E-state index contributed by atoms with van der Waals surface area (Å²) in [6, 6.07) is 12.4. The molecule has 1 amide bonds. The number of carbonyl (C=O) groups excluding carboxylic acids is 1. The summed E-state index contributed by atoms with van der Waals surface area (Å²) < 4.78 is 42.8. The van der Waals surface area contributed by atoms with Crippen molar-refractivity contribution < 1.29 is 22.3 Å². The highest BCUT2D eigenvalue weighted by Crippen LogP contribution is 2.23. The Bertz CT molecular complexity index is 940. The third-order valence-corrected chi connectivity index (χ3v) is 6.61. The molecule has 0 radical (unpaired) electrons. The number of rotatable bonds is 7. The number of hydrogen-bond acceptors (Lipinski definition) is 4. The molecular formula is C22H26FNO4S. The van der Waals surface area contributed by atoms with Crippen molar-refractivity contribution in [1.82, 2.24) is 4.90 Å². The molecule has 1 heterocycles. The summed E-state index contributed by atoms with van der Waals surface area (Å²) in [5.41, 5.74) is 1.22. The van der Waals surface area contributed by atoms with E-state index >= 15 is 0 Å². The number of sulfone groups is 1. The molecule has 2 aromatic rings. The van der Waals surface area contributed by atoms with Crippen LogP contribution in [0.3, 0.4) is 0 Å². The Kier molecular flexibility index (Phi) is 6.57. The molecule has 156 valence electrons. The molecule has 2 aromatic carbocycles. The van der Waals surface area contributed by atoms with Crippen molar-refractivity contribution in [3.05, 3.63) is 65.5 Å². The van der Waals surface area contributed by atoms with Crippen LogP contribution in [-0.2, 0) is 16.4 Å². The maximum absolute atomic E-state index is 13.2. The number of carbonyl (C=O) groups is 1. The first kappa shape index (κ1) is 21.3. The second-order valence-electron chi connectivity index (χ2n) is 7.85. The van der Waals surface area contributed by atoms with Crippen molar-refractivity contribution in [1.29, 1.82) is 0 Å². The third kappa shape index (κ3) is 5.79. The van der Waals surface area contributed by atoms with Crippen LogP contribution < -0.4 is 4.74 Å². The highest BCUT2D eigenvalue weighted by molar-refractivity contribution is 7.91. The number of benzene rings is 2. The Hall–Kier alpha value is -2.41. The Labute approximate surface area is 171 Å². The highest BCUT2D eigenvalue weighted by atomic mass is 32.2. The van der Waals surface area contributed by atoms with Gasteiger partial charge in [-0.25, -0.2) is 12.8 Å². The SMILES string of the molecule is CC(C)COc1ccc(C(=O)N(Cc2ccc(F)cc2)C2CCS(=O)(=O)C2)cc1. The fraction of sp³-hybridized carbons (Fsp3) is 0.409. The van der Waals surface area contributed by atoms with Gasteiger partial charge in [-0.05, 0) is 54.3 Å². The van der Waals surface area contributed by atoms with Crippen molar-refractivity contribution in [3.8, 4) is 5.75 Å². The van der Waals surface area contributed by atoms with E-state index < -0.39 is 15.9 Å². The number of ether oxygens (including phenoxy) is 1. The van der Waals surface area contributed by atoms with Gasteiger partial charge in [-0.3, -0.25) is 4.79 Å². The van der Waals surface area contributed by atoms with Crippen LogP contribution in [0.5, 0.6) is 5.75 Å². The molecule has 0 aromatic heterocycles. The van der Waals surface area contributed by atoms with Crippen LogP contribution in [-0.4, -0.2) is 43.4 Å². The van der Waals surface area contributed by atoms with Gasteiger partial charge in [0, 0.05) is 18.2 Å². The Balaban J connectivity index is 1.80. The fourth-order valence-electron chi connectivity index (χ4n) is 3.30. The molecule has 0 spiro atoms. The van der Waals surface area contributed by atoms with Crippen LogP contribution >= 0.6 is 0 Å². The molecule has 1 fully saturated rings. The molecule has 1 saturated heterocycles. The summed E-state index contributed by atoms with van der Waals surface area (Å²) >= 11 is 0. The monoisotopic (exact) mass is 419 g/mol. The topological polar surface area (TPSA) is 63.7 Å². The van der Waals surface area contributed by atoms with Crippen molar-refractivity contribution >= 4 is 15.7 Å². The minimum Gasteiger partial charge on any atom is -0.493 e. The van der Waals surface area contributed by atoms with Crippen molar-refractivity contribution in [3.63, 3.8) is 0 Å². The molecule has 0 N–H and O–H groups in total. The Morgan fingerprint density at radius 3 is 2.34 bits per heavy atom. The van der Waals surface area contributed by atoms with E-state index in [0.29, 0.717) is 30.3 Å². The second kappa shape index (κ2) is 8.95. The predicted molar refractivity (Wildman–Crippen MR) is 110 cm³/mol. The van der Waals surface area contributed by atoms with Crippen LogP contribution in [0.15, 0.2) is 48.5 Å². The van der Waals surface area contributed by atoms with Gasteiger partial charge in [0.1, 0.15) is 11.6 Å². The number of amides is 1. The van der Waals surface area contributed by atoms with Crippen molar-refractivity contribution in [2.45, 2.75) is 32.9 Å². The van der Waals surface area contributed by atoms with Gasteiger partial charge in [-0.2, -0.15) is 0 Å². The highest BCUT2D eigenvalue weighted by Gasteiger charge is 2.35. The number of hydrogen-bond donors (Lipinski definition) is 0. The normalized spacial score (nSPS) is 18.0. The zero-order valence-corrected chi connectivity index (χ0v) is 17.5. The van der Waals surface area contributed by atoms with Gasteiger partial charge in [-0.15, -0.1) is 0 Å². The van der Waals surface area contributed by atoms with Gasteiger partial charge in [0.25, 0.3) is 5.91 Å². The minimum atomic E-state index is -3.15. The van der Waals surface area contributed by atoms with Gasteiger partial charge < -0.3 is 9.64 Å². The molecule has 0 saturated carbocycles. The summed E-state index contributed by atoms with van der Waals surface area (Å²) in [5.74, 6) is 0.511. The summed E-state index contributed by atoms with van der Waals surface area (Å²) in [6.45, 7) is 4.93. The van der Waals surface area contributed by atoms with E-state index in [1.807, 2.05) is 0 Å². The lowest BCUT2D eigenvalue weighted by Gasteiger charge is -2.28. The van der Waals surface area contributed by atoms with E-state index in [2.05, 4.69) is 13.8 Å². The van der Waals surface area contributed by atoms with Crippen LogP contribution in [0, 0.1) is 11.7 Å². The molecule has 1 aliphatic rings. The summed E-state index contributed by atoms with van der Waals surface area (Å²) in [5, 5.41) is 0.